The minimum Gasteiger partial charge on any atom is -0.395 e. The van der Waals surface area contributed by atoms with E-state index in [9.17, 15) is 13.5 Å². The van der Waals surface area contributed by atoms with E-state index in [-0.39, 0.29) is 12.4 Å². The van der Waals surface area contributed by atoms with Crippen LogP contribution in [0, 0.1) is 0 Å². The molecule has 1 heterocycles. The number of hydrogen-bond acceptors (Lipinski definition) is 4. The molecule has 1 unspecified atom stereocenters. The normalized spacial score (nSPS) is 28.1. The van der Waals surface area contributed by atoms with Crippen molar-refractivity contribution < 1.29 is 18.6 Å². The summed E-state index contributed by atoms with van der Waals surface area (Å²) in [4.78, 5) is 0. The first kappa shape index (κ1) is 11.9. The quantitative estimate of drug-likeness (QED) is 0.653. The molecule has 0 saturated carbocycles. The van der Waals surface area contributed by atoms with Gasteiger partial charge in [0.15, 0.2) is 0 Å². The summed E-state index contributed by atoms with van der Waals surface area (Å²) in [5, 5.41) is 18.2. The number of aliphatic hydroxyl groups is 2. The van der Waals surface area contributed by atoms with E-state index >= 15 is 0 Å². The Morgan fingerprint density at radius 2 is 2.07 bits per heavy atom. The Bertz CT molecular complexity index is 298. The topological polar surface area (TPSA) is 77.8 Å². The second-order valence-electron chi connectivity index (χ2n) is 4.07. The van der Waals surface area contributed by atoms with Gasteiger partial charge in [-0.15, -0.1) is 0 Å². The van der Waals surface area contributed by atoms with E-state index in [2.05, 4.69) is 0 Å². The van der Waals surface area contributed by atoms with Crippen molar-refractivity contribution >= 4 is 10.0 Å². The van der Waals surface area contributed by atoms with Crippen LogP contribution in [0.15, 0.2) is 0 Å². The minimum absolute atomic E-state index is 0.275. The monoisotopic (exact) mass is 223 g/mol. The standard InChI is InChI=1S/C8H17NO4S/c1-8(2)7(11)3-4-9(8)14(12,13)6-5-10/h7,10-11H,3-6H2,1-2H3. The SMILES string of the molecule is CC1(C)C(O)CCN1S(=O)(=O)CCO. The van der Waals surface area contributed by atoms with Gasteiger partial charge < -0.3 is 10.2 Å². The Morgan fingerprint density at radius 1 is 1.50 bits per heavy atom. The van der Waals surface area contributed by atoms with Crippen LogP contribution in [-0.4, -0.2) is 53.5 Å². The molecule has 1 saturated heterocycles. The van der Waals surface area contributed by atoms with Crippen LogP contribution in [0.2, 0.25) is 0 Å². The Morgan fingerprint density at radius 3 is 2.43 bits per heavy atom. The highest BCUT2D eigenvalue weighted by molar-refractivity contribution is 7.89. The molecule has 0 aliphatic carbocycles. The van der Waals surface area contributed by atoms with Gasteiger partial charge in [0.1, 0.15) is 0 Å². The van der Waals surface area contributed by atoms with Crippen LogP contribution < -0.4 is 0 Å². The zero-order valence-electron chi connectivity index (χ0n) is 8.47. The summed E-state index contributed by atoms with van der Waals surface area (Å²) in [5.41, 5.74) is -0.756. The molecule has 0 radical (unpaired) electrons. The number of sulfonamides is 1. The Hall–Kier alpha value is -0.170. The lowest BCUT2D eigenvalue weighted by atomic mass is 10.0. The molecule has 1 atom stereocenters. The number of aliphatic hydroxyl groups excluding tert-OH is 2. The second-order valence-corrected chi connectivity index (χ2v) is 6.08. The molecular weight excluding hydrogens is 206 g/mol. The van der Waals surface area contributed by atoms with Gasteiger partial charge in [-0.2, -0.15) is 4.31 Å². The largest absolute Gasteiger partial charge is 0.395 e. The maximum atomic E-state index is 11.6. The highest BCUT2D eigenvalue weighted by atomic mass is 32.2. The third kappa shape index (κ3) is 1.93. The summed E-state index contributed by atoms with van der Waals surface area (Å²) in [5.74, 6) is -0.275. The predicted octanol–water partition coefficient (Wildman–Crippen LogP) is -0.846. The number of rotatable bonds is 3. The van der Waals surface area contributed by atoms with Crippen molar-refractivity contribution in [2.45, 2.75) is 31.9 Å². The minimum atomic E-state index is -3.43. The van der Waals surface area contributed by atoms with Gasteiger partial charge in [0.25, 0.3) is 0 Å². The highest BCUT2D eigenvalue weighted by Crippen LogP contribution is 2.31. The lowest BCUT2D eigenvalue weighted by Crippen LogP contribution is -2.49. The average Bonchev–Trinajstić information content (AvgIpc) is 2.27. The molecule has 1 aliphatic rings. The summed E-state index contributed by atoms with van der Waals surface area (Å²) < 4.78 is 24.6. The van der Waals surface area contributed by atoms with Gasteiger partial charge in [-0.05, 0) is 20.3 Å². The smallest absolute Gasteiger partial charge is 0.216 e. The number of nitrogens with zero attached hydrogens (tertiary/aromatic N) is 1. The van der Waals surface area contributed by atoms with E-state index in [0.29, 0.717) is 13.0 Å². The molecule has 84 valence electrons. The lowest BCUT2D eigenvalue weighted by molar-refractivity contribution is 0.0899. The molecule has 1 aliphatic heterocycles. The maximum absolute atomic E-state index is 11.6. The van der Waals surface area contributed by atoms with Crippen LogP contribution in [0.1, 0.15) is 20.3 Å². The van der Waals surface area contributed by atoms with Crippen LogP contribution in [0.4, 0.5) is 0 Å². The Balaban J connectivity index is 2.90. The number of hydrogen-bond donors (Lipinski definition) is 2. The zero-order chi connectivity index (χ0) is 11.0. The Kier molecular flexibility index (Phi) is 3.20. The molecule has 2 N–H and O–H groups in total. The van der Waals surface area contributed by atoms with Crippen molar-refractivity contribution in [3.8, 4) is 0 Å². The van der Waals surface area contributed by atoms with Gasteiger partial charge >= 0.3 is 0 Å². The molecular formula is C8H17NO4S. The van der Waals surface area contributed by atoms with Crippen LogP contribution >= 0.6 is 0 Å². The van der Waals surface area contributed by atoms with Crippen molar-refractivity contribution in [2.75, 3.05) is 18.9 Å². The first-order valence-electron chi connectivity index (χ1n) is 4.62. The van der Waals surface area contributed by atoms with Gasteiger partial charge in [-0.25, -0.2) is 8.42 Å². The van der Waals surface area contributed by atoms with Crippen LogP contribution in [0.3, 0.4) is 0 Å². The summed E-state index contributed by atoms with van der Waals surface area (Å²) in [7, 11) is -3.43. The molecule has 0 spiro atoms. The van der Waals surface area contributed by atoms with E-state index < -0.39 is 21.7 Å². The predicted molar refractivity (Wildman–Crippen MR) is 52.3 cm³/mol. The van der Waals surface area contributed by atoms with Crippen molar-refractivity contribution in [3.63, 3.8) is 0 Å². The van der Waals surface area contributed by atoms with Gasteiger partial charge in [-0.1, -0.05) is 0 Å². The molecule has 0 aromatic rings. The Labute approximate surface area is 84.4 Å². The summed E-state index contributed by atoms with van der Waals surface area (Å²) in [6, 6.07) is 0. The van der Waals surface area contributed by atoms with E-state index in [0.717, 1.165) is 0 Å². The van der Waals surface area contributed by atoms with Crippen LogP contribution in [0.25, 0.3) is 0 Å². The molecule has 6 heteroatoms. The molecule has 0 aromatic heterocycles. The molecule has 0 bridgehead atoms. The first-order valence-corrected chi connectivity index (χ1v) is 6.22. The lowest BCUT2D eigenvalue weighted by Gasteiger charge is -2.32. The fourth-order valence-corrected chi connectivity index (χ4v) is 3.44. The second kappa shape index (κ2) is 3.77. The zero-order valence-corrected chi connectivity index (χ0v) is 9.29. The summed E-state index contributed by atoms with van der Waals surface area (Å²) in [6.07, 6.45) is -0.173. The molecule has 1 rings (SSSR count). The van der Waals surface area contributed by atoms with E-state index in [1.54, 1.807) is 13.8 Å². The maximum Gasteiger partial charge on any atom is 0.216 e. The van der Waals surface area contributed by atoms with Crippen molar-refractivity contribution in [3.05, 3.63) is 0 Å². The molecule has 1 fully saturated rings. The van der Waals surface area contributed by atoms with Gasteiger partial charge in [0, 0.05) is 6.54 Å². The average molecular weight is 223 g/mol. The van der Waals surface area contributed by atoms with Gasteiger partial charge in [0.2, 0.25) is 10.0 Å². The molecule has 0 aromatic carbocycles. The molecule has 0 amide bonds. The first-order chi connectivity index (χ1) is 6.32. The summed E-state index contributed by atoms with van der Waals surface area (Å²) in [6.45, 7) is 3.33. The third-order valence-corrected chi connectivity index (χ3v) is 4.77. The highest BCUT2D eigenvalue weighted by Gasteiger charge is 2.45. The molecule has 14 heavy (non-hydrogen) atoms. The van der Waals surface area contributed by atoms with E-state index in [4.69, 9.17) is 5.11 Å². The van der Waals surface area contributed by atoms with Gasteiger partial charge in [0.05, 0.1) is 24.0 Å². The van der Waals surface area contributed by atoms with Gasteiger partial charge in [-0.3, -0.25) is 0 Å². The molecule has 5 nitrogen and oxygen atoms in total. The van der Waals surface area contributed by atoms with Crippen molar-refractivity contribution in [1.29, 1.82) is 0 Å². The van der Waals surface area contributed by atoms with Crippen LogP contribution in [-0.2, 0) is 10.0 Å². The van der Waals surface area contributed by atoms with Crippen LogP contribution in [0.5, 0.6) is 0 Å². The fraction of sp³-hybridized carbons (Fsp3) is 1.00. The van der Waals surface area contributed by atoms with E-state index in [1.807, 2.05) is 0 Å². The van der Waals surface area contributed by atoms with E-state index in [1.165, 1.54) is 4.31 Å². The van der Waals surface area contributed by atoms with Crippen molar-refractivity contribution in [2.24, 2.45) is 0 Å². The van der Waals surface area contributed by atoms with Crippen molar-refractivity contribution in [1.82, 2.24) is 4.31 Å². The summed E-state index contributed by atoms with van der Waals surface area (Å²) >= 11 is 0. The fourth-order valence-electron chi connectivity index (χ4n) is 1.77. The third-order valence-electron chi connectivity index (χ3n) is 2.75.